The highest BCUT2D eigenvalue weighted by Gasteiger charge is 2.29. The number of piperazine rings is 2. The van der Waals surface area contributed by atoms with Crippen molar-refractivity contribution in [1.82, 2.24) is 54.3 Å². The number of aromatic amines is 1. The Hall–Kier alpha value is -5.49. The highest BCUT2D eigenvalue weighted by molar-refractivity contribution is 8.00. The van der Waals surface area contributed by atoms with Gasteiger partial charge in [-0.25, -0.2) is 9.97 Å². The number of nitrogens with one attached hydrogen (secondary N) is 1. The minimum Gasteiger partial charge on any atom is -0.368 e. The molecule has 0 atom stereocenters. The number of likely N-dealkylation sites (tertiary alicyclic amines) is 1. The van der Waals surface area contributed by atoms with Crippen LogP contribution in [-0.4, -0.2) is 138 Å². The van der Waals surface area contributed by atoms with Crippen molar-refractivity contribution in [2.75, 3.05) is 76.9 Å². The second-order valence-corrected chi connectivity index (χ2v) is 18.7. The van der Waals surface area contributed by atoms with Crippen LogP contribution in [0.2, 0.25) is 0 Å². The lowest BCUT2D eigenvalue weighted by atomic mass is 9.96. The number of carbonyl (C=O) groups excluding carboxylic acids is 2. The van der Waals surface area contributed by atoms with Gasteiger partial charge in [-0.15, -0.1) is 10.2 Å². The van der Waals surface area contributed by atoms with Gasteiger partial charge in [0, 0.05) is 114 Å². The summed E-state index contributed by atoms with van der Waals surface area (Å²) in [6.07, 6.45) is 11.8. The summed E-state index contributed by atoms with van der Waals surface area (Å²) in [5.74, 6) is 1.23. The average Bonchev–Trinajstić information content (AvgIpc) is 4.03. The molecule has 0 bridgehead atoms. The first-order valence-corrected chi connectivity index (χ1v) is 23.4. The Labute approximate surface area is 369 Å². The van der Waals surface area contributed by atoms with Crippen LogP contribution in [0.15, 0.2) is 82.7 Å². The second-order valence-electron chi connectivity index (χ2n) is 16.5. The summed E-state index contributed by atoms with van der Waals surface area (Å²) >= 11 is 2.99. The molecule has 3 aliphatic heterocycles. The van der Waals surface area contributed by atoms with Gasteiger partial charge in [0.1, 0.15) is 5.69 Å². The molecule has 3 aliphatic rings. The molecule has 0 saturated carbocycles. The Balaban J connectivity index is 0.677. The van der Waals surface area contributed by atoms with E-state index in [1.54, 1.807) is 24.3 Å². The Kier molecular flexibility index (Phi) is 12.7. The van der Waals surface area contributed by atoms with E-state index in [9.17, 15) is 14.4 Å². The molecule has 9 rings (SSSR count). The quantitative estimate of drug-likeness (QED) is 0.162. The lowest BCUT2D eigenvalue weighted by molar-refractivity contribution is 0.0557. The number of benzene rings is 1. The van der Waals surface area contributed by atoms with Crippen molar-refractivity contribution >= 4 is 51.6 Å². The van der Waals surface area contributed by atoms with Crippen LogP contribution < -0.4 is 10.5 Å². The molecule has 0 aliphatic carbocycles. The number of fused-ring (bicyclic) bond motifs is 1. The maximum Gasteiger partial charge on any atom is 0.284 e. The molecule has 1 aromatic carbocycles. The monoisotopic (exact) mass is 872 g/mol. The number of amides is 2. The van der Waals surface area contributed by atoms with E-state index >= 15 is 0 Å². The summed E-state index contributed by atoms with van der Waals surface area (Å²) in [7, 11) is 0. The summed E-state index contributed by atoms with van der Waals surface area (Å²) in [6.45, 7) is 13.8. The van der Waals surface area contributed by atoms with E-state index < -0.39 is 0 Å². The zero-order valence-corrected chi connectivity index (χ0v) is 36.9. The Morgan fingerprint density at radius 1 is 0.823 bits per heavy atom. The summed E-state index contributed by atoms with van der Waals surface area (Å²) in [5, 5.41) is 9.06. The molecule has 6 aromatic rings. The number of aryl methyl sites for hydroxylation is 2. The molecule has 3 saturated heterocycles. The largest absolute Gasteiger partial charge is 0.368 e. The predicted molar refractivity (Wildman–Crippen MR) is 242 cm³/mol. The number of anilines is 1. The molecule has 0 spiro atoms. The molecule has 0 unspecified atom stereocenters. The van der Waals surface area contributed by atoms with Crippen molar-refractivity contribution in [3.8, 4) is 5.69 Å². The standard InChI is InChI=1S/C45H52N12O3S2/c1-3-34-24-39-40(49-41(34)58)23-33(25-47-39)28-53-14-18-54(19-15-53)37-6-7-38(48-26-37)43(59)56-20-16-52(17-21-56)27-32-8-11-55(12-9-32)44(60)42-50-51-45(62-42)61-29-35-4-5-36(22-31(35)2)57-13-10-46-30-57/h4-7,10,13,22-26,30,32H,3,8-9,11-12,14-21,27-29H2,1-2H3,(H,49,58). The lowest BCUT2D eigenvalue weighted by Gasteiger charge is -2.38. The third kappa shape index (κ3) is 9.60. The SMILES string of the molecule is CCc1cc2ncc(CN3CCN(c4ccc(C(=O)N5CCN(CC6CCN(C(=O)c7nnc(SCc8ccc(-n9ccnc9)cc8C)s7)CC6)CC5)nc4)CC3)cc2[nH]c1=O. The van der Waals surface area contributed by atoms with E-state index in [0.29, 0.717) is 36.1 Å². The number of thioether (sulfide) groups is 1. The van der Waals surface area contributed by atoms with Gasteiger partial charge in [0.2, 0.25) is 5.01 Å². The zero-order chi connectivity index (χ0) is 42.6. The maximum absolute atomic E-state index is 13.5. The number of piperidine rings is 1. The lowest BCUT2D eigenvalue weighted by Crippen LogP contribution is -2.51. The molecule has 15 nitrogen and oxygen atoms in total. The van der Waals surface area contributed by atoms with Gasteiger partial charge in [0.05, 0.1) is 29.2 Å². The fourth-order valence-electron chi connectivity index (χ4n) is 8.66. The van der Waals surface area contributed by atoms with Crippen LogP contribution in [0.3, 0.4) is 0 Å². The van der Waals surface area contributed by atoms with Gasteiger partial charge in [0.25, 0.3) is 17.4 Å². The van der Waals surface area contributed by atoms with Gasteiger partial charge in [0.15, 0.2) is 4.34 Å². The van der Waals surface area contributed by atoms with Gasteiger partial charge in [-0.2, -0.15) is 0 Å². The number of nitrogens with zero attached hydrogens (tertiary/aromatic N) is 11. The van der Waals surface area contributed by atoms with E-state index in [4.69, 9.17) is 0 Å². The summed E-state index contributed by atoms with van der Waals surface area (Å²) in [6, 6.07) is 14.2. The van der Waals surface area contributed by atoms with E-state index in [2.05, 4.69) is 70.0 Å². The van der Waals surface area contributed by atoms with Crippen LogP contribution in [0.1, 0.15) is 62.3 Å². The molecule has 17 heteroatoms. The van der Waals surface area contributed by atoms with Crippen LogP contribution >= 0.6 is 23.1 Å². The molecular formula is C45H52N12O3S2. The normalized spacial score (nSPS) is 17.0. The van der Waals surface area contributed by atoms with E-state index in [1.807, 2.05) is 64.1 Å². The molecule has 1 N–H and O–H groups in total. The van der Waals surface area contributed by atoms with E-state index in [-0.39, 0.29) is 17.4 Å². The minimum atomic E-state index is -0.0423. The van der Waals surface area contributed by atoms with Crippen LogP contribution in [-0.2, 0) is 18.7 Å². The Morgan fingerprint density at radius 2 is 1.60 bits per heavy atom. The number of pyridine rings is 3. The average molecular weight is 873 g/mol. The van der Waals surface area contributed by atoms with Gasteiger partial charge < -0.3 is 24.3 Å². The Bertz CT molecular complexity index is 2560. The molecule has 3 fully saturated rings. The van der Waals surface area contributed by atoms with E-state index in [1.165, 1.54) is 22.5 Å². The molecule has 8 heterocycles. The number of hydrogen-bond donors (Lipinski definition) is 1. The van der Waals surface area contributed by atoms with Crippen molar-refractivity contribution in [2.45, 2.75) is 49.7 Å². The van der Waals surface area contributed by atoms with Crippen LogP contribution in [0, 0.1) is 12.8 Å². The molecule has 322 valence electrons. The fourth-order valence-corrected chi connectivity index (χ4v) is 10.6. The van der Waals surface area contributed by atoms with Crippen molar-refractivity contribution in [2.24, 2.45) is 5.92 Å². The second kappa shape index (κ2) is 18.9. The first-order chi connectivity index (χ1) is 30.3. The van der Waals surface area contributed by atoms with Gasteiger partial charge in [-0.05, 0) is 85.2 Å². The molecule has 62 heavy (non-hydrogen) atoms. The number of imidazole rings is 1. The first-order valence-electron chi connectivity index (χ1n) is 21.6. The van der Waals surface area contributed by atoms with Crippen LogP contribution in [0.25, 0.3) is 16.7 Å². The summed E-state index contributed by atoms with van der Waals surface area (Å²) < 4.78 is 2.79. The smallest absolute Gasteiger partial charge is 0.284 e. The number of rotatable bonds is 12. The maximum atomic E-state index is 13.5. The van der Waals surface area contributed by atoms with Crippen molar-refractivity contribution in [3.63, 3.8) is 0 Å². The molecular weight excluding hydrogens is 821 g/mol. The highest BCUT2D eigenvalue weighted by atomic mass is 32.2. The van der Waals surface area contributed by atoms with Gasteiger partial charge >= 0.3 is 0 Å². The minimum absolute atomic E-state index is 0.0160. The summed E-state index contributed by atoms with van der Waals surface area (Å²) in [4.78, 5) is 66.5. The third-order valence-corrected chi connectivity index (χ3v) is 14.6. The fraction of sp³-hybridized carbons (Fsp3) is 0.422. The zero-order valence-electron chi connectivity index (χ0n) is 35.3. The van der Waals surface area contributed by atoms with Crippen molar-refractivity contribution in [3.05, 3.63) is 117 Å². The number of hydrogen-bond acceptors (Lipinski definition) is 13. The molecule has 2 amide bonds. The number of H-pyrrole nitrogens is 1. The predicted octanol–water partition coefficient (Wildman–Crippen LogP) is 5.15. The van der Waals surface area contributed by atoms with Crippen LogP contribution in [0.4, 0.5) is 5.69 Å². The number of carbonyl (C=O) groups is 2. The van der Waals surface area contributed by atoms with Crippen LogP contribution in [0.5, 0.6) is 0 Å². The molecule has 5 aromatic heterocycles. The topological polar surface area (TPSA) is 153 Å². The van der Waals surface area contributed by atoms with Gasteiger partial charge in [-0.1, -0.05) is 36.1 Å². The van der Waals surface area contributed by atoms with Gasteiger partial charge in [-0.3, -0.25) is 29.2 Å². The van der Waals surface area contributed by atoms with Crippen molar-refractivity contribution in [1.29, 1.82) is 0 Å². The first kappa shape index (κ1) is 41.8. The van der Waals surface area contributed by atoms with E-state index in [0.717, 1.165) is 122 Å². The Morgan fingerprint density at radius 3 is 2.32 bits per heavy atom. The summed E-state index contributed by atoms with van der Waals surface area (Å²) in [5.41, 5.74) is 8.40. The number of aromatic nitrogens is 7. The van der Waals surface area contributed by atoms with Crippen molar-refractivity contribution < 1.29 is 9.59 Å². The third-order valence-electron chi connectivity index (χ3n) is 12.5. The molecule has 0 radical (unpaired) electrons. The highest BCUT2D eigenvalue weighted by Crippen LogP contribution is 2.30.